The Balaban J connectivity index is 3.25. The van der Waals surface area contributed by atoms with Crippen LogP contribution in [0.3, 0.4) is 0 Å². The van der Waals surface area contributed by atoms with Crippen LogP contribution in [0, 0.1) is 17.4 Å². The minimum Gasteiger partial charge on any atom is -0.122 e. The third-order valence-electron chi connectivity index (χ3n) is 1.84. The van der Waals surface area contributed by atoms with Crippen molar-refractivity contribution in [1.82, 2.24) is 0 Å². The number of aryl methyl sites for hydroxylation is 1. The number of benzene rings is 1. The van der Waals surface area contributed by atoms with E-state index in [1.165, 1.54) is 20.3 Å². The summed E-state index contributed by atoms with van der Waals surface area (Å²) in [5.41, 5.74) is 3.89. The zero-order valence-electron chi connectivity index (χ0n) is 6.62. The first-order valence-electron chi connectivity index (χ1n) is 3.47. The van der Waals surface area contributed by atoms with Crippen LogP contribution in [0.2, 0.25) is 0 Å². The normalized spacial score (nSPS) is 10.2. The minimum atomic E-state index is 0.613. The molecule has 0 aliphatic heterocycles. The molecule has 2 heteroatoms. The molecule has 0 saturated heterocycles. The molecule has 0 heterocycles. The molecule has 0 unspecified atom stereocenters. The summed E-state index contributed by atoms with van der Waals surface area (Å²) in [5, 5.41) is 0. The van der Waals surface area contributed by atoms with Crippen LogP contribution in [0.4, 0.5) is 0 Å². The van der Waals surface area contributed by atoms with Crippen molar-refractivity contribution < 1.29 is 0 Å². The summed E-state index contributed by atoms with van der Waals surface area (Å²) < 4.78 is 1.33. The zero-order chi connectivity index (χ0) is 8.43. The van der Waals surface area contributed by atoms with Gasteiger partial charge < -0.3 is 0 Å². The summed E-state index contributed by atoms with van der Waals surface area (Å²) in [5.74, 6) is 0.613. The molecular weight excluding hydrogens is 270 g/mol. The van der Waals surface area contributed by atoms with Crippen LogP contribution >= 0.6 is 34.2 Å². The number of alkyl halides is 1. The highest BCUT2D eigenvalue weighted by Crippen LogP contribution is 2.20. The number of rotatable bonds is 1. The van der Waals surface area contributed by atoms with Crippen LogP contribution in [-0.4, -0.2) is 0 Å². The molecule has 1 aromatic carbocycles. The summed E-state index contributed by atoms with van der Waals surface area (Å²) in [6, 6.07) is 4.21. The Morgan fingerprint density at radius 3 is 2.55 bits per heavy atom. The second-order valence-corrected chi connectivity index (χ2v) is 3.96. The van der Waals surface area contributed by atoms with Gasteiger partial charge in [-0.05, 0) is 53.1 Å². The third kappa shape index (κ3) is 1.88. The lowest BCUT2D eigenvalue weighted by molar-refractivity contribution is 1.24. The summed E-state index contributed by atoms with van der Waals surface area (Å²) in [6.45, 7) is 4.24. The predicted molar refractivity (Wildman–Crippen MR) is 58.2 cm³/mol. The van der Waals surface area contributed by atoms with Crippen molar-refractivity contribution in [2.45, 2.75) is 19.7 Å². The van der Waals surface area contributed by atoms with Gasteiger partial charge in [-0.3, -0.25) is 0 Å². The van der Waals surface area contributed by atoms with E-state index in [0.717, 1.165) is 0 Å². The van der Waals surface area contributed by atoms with E-state index in [0.29, 0.717) is 5.88 Å². The fraction of sp³-hybridized carbons (Fsp3) is 0.333. The van der Waals surface area contributed by atoms with Gasteiger partial charge in [0.1, 0.15) is 0 Å². The first kappa shape index (κ1) is 9.33. The maximum atomic E-state index is 5.75. The summed E-state index contributed by atoms with van der Waals surface area (Å²) >= 11 is 8.11. The van der Waals surface area contributed by atoms with E-state index in [2.05, 4.69) is 48.6 Å². The average Bonchev–Trinajstić information content (AvgIpc) is 2.01. The standard InChI is InChI=1S/C9H10ClI/c1-6-3-4-8(5-10)7(2)9(6)11/h3-4H,5H2,1-2H3. The van der Waals surface area contributed by atoms with Crippen LogP contribution < -0.4 is 0 Å². The molecule has 0 saturated carbocycles. The quantitative estimate of drug-likeness (QED) is 0.544. The maximum absolute atomic E-state index is 5.75. The highest BCUT2D eigenvalue weighted by molar-refractivity contribution is 14.1. The van der Waals surface area contributed by atoms with Crippen molar-refractivity contribution in [1.29, 1.82) is 0 Å². The lowest BCUT2D eigenvalue weighted by Gasteiger charge is -2.06. The molecule has 1 aromatic rings. The van der Waals surface area contributed by atoms with Crippen molar-refractivity contribution in [2.75, 3.05) is 0 Å². The van der Waals surface area contributed by atoms with Crippen molar-refractivity contribution in [3.63, 3.8) is 0 Å². The Kier molecular flexibility index (Phi) is 3.19. The van der Waals surface area contributed by atoms with Gasteiger partial charge in [0.25, 0.3) is 0 Å². The largest absolute Gasteiger partial charge is 0.122 e. The van der Waals surface area contributed by atoms with E-state index in [1.807, 2.05) is 0 Å². The highest BCUT2D eigenvalue weighted by Gasteiger charge is 2.02. The summed E-state index contributed by atoms with van der Waals surface area (Å²) in [6.07, 6.45) is 0. The van der Waals surface area contributed by atoms with E-state index >= 15 is 0 Å². The van der Waals surface area contributed by atoms with Crippen molar-refractivity contribution >= 4 is 34.2 Å². The number of halogens is 2. The fourth-order valence-corrected chi connectivity index (χ4v) is 1.82. The molecule has 0 radical (unpaired) electrons. The second kappa shape index (κ2) is 3.76. The summed E-state index contributed by atoms with van der Waals surface area (Å²) in [7, 11) is 0. The van der Waals surface area contributed by atoms with Gasteiger partial charge in [-0.2, -0.15) is 0 Å². The van der Waals surface area contributed by atoms with Gasteiger partial charge in [0.2, 0.25) is 0 Å². The zero-order valence-corrected chi connectivity index (χ0v) is 9.53. The van der Waals surface area contributed by atoms with Crippen LogP contribution in [0.1, 0.15) is 16.7 Å². The molecule has 0 aromatic heterocycles. The van der Waals surface area contributed by atoms with E-state index in [9.17, 15) is 0 Å². The Bertz CT molecular complexity index is 269. The van der Waals surface area contributed by atoms with Gasteiger partial charge in [-0.25, -0.2) is 0 Å². The Labute approximate surface area is 86.1 Å². The lowest BCUT2D eigenvalue weighted by atomic mass is 10.1. The van der Waals surface area contributed by atoms with Crippen molar-refractivity contribution in [3.8, 4) is 0 Å². The molecule has 0 bridgehead atoms. The SMILES string of the molecule is Cc1ccc(CCl)c(C)c1I. The van der Waals surface area contributed by atoms with E-state index in [4.69, 9.17) is 11.6 Å². The summed E-state index contributed by atoms with van der Waals surface area (Å²) in [4.78, 5) is 0. The fourth-order valence-electron chi connectivity index (χ4n) is 1.01. The molecule has 11 heavy (non-hydrogen) atoms. The molecule has 0 atom stereocenters. The van der Waals surface area contributed by atoms with Gasteiger partial charge in [-0.1, -0.05) is 12.1 Å². The minimum absolute atomic E-state index is 0.613. The maximum Gasteiger partial charge on any atom is 0.0477 e. The molecule has 0 aliphatic rings. The smallest absolute Gasteiger partial charge is 0.0477 e. The molecule has 0 nitrogen and oxygen atoms in total. The Morgan fingerprint density at radius 2 is 2.00 bits per heavy atom. The second-order valence-electron chi connectivity index (χ2n) is 2.61. The Hall–Kier alpha value is 0.240. The van der Waals surface area contributed by atoms with Crippen LogP contribution in [0.25, 0.3) is 0 Å². The molecule has 0 fully saturated rings. The third-order valence-corrected chi connectivity index (χ3v) is 3.78. The van der Waals surface area contributed by atoms with Gasteiger partial charge >= 0.3 is 0 Å². The Morgan fingerprint density at radius 1 is 1.36 bits per heavy atom. The number of hydrogen-bond donors (Lipinski definition) is 0. The van der Waals surface area contributed by atoms with Crippen LogP contribution in [0.15, 0.2) is 12.1 Å². The molecule has 0 amide bonds. The molecular formula is C9H10ClI. The van der Waals surface area contributed by atoms with Gasteiger partial charge in [0.05, 0.1) is 0 Å². The van der Waals surface area contributed by atoms with Crippen molar-refractivity contribution in [2.24, 2.45) is 0 Å². The monoisotopic (exact) mass is 280 g/mol. The van der Waals surface area contributed by atoms with Gasteiger partial charge in [-0.15, -0.1) is 11.6 Å². The highest BCUT2D eigenvalue weighted by atomic mass is 127. The lowest BCUT2D eigenvalue weighted by Crippen LogP contribution is -1.91. The topological polar surface area (TPSA) is 0 Å². The van der Waals surface area contributed by atoms with E-state index < -0.39 is 0 Å². The first-order valence-corrected chi connectivity index (χ1v) is 5.08. The first-order chi connectivity index (χ1) is 5.16. The molecule has 1 rings (SSSR count). The molecule has 60 valence electrons. The predicted octanol–water partition coefficient (Wildman–Crippen LogP) is 3.65. The van der Waals surface area contributed by atoms with Crippen molar-refractivity contribution in [3.05, 3.63) is 32.4 Å². The van der Waals surface area contributed by atoms with E-state index in [1.54, 1.807) is 0 Å². The van der Waals surface area contributed by atoms with Gasteiger partial charge in [0.15, 0.2) is 0 Å². The average molecular weight is 281 g/mol. The molecule has 0 aliphatic carbocycles. The molecule has 0 N–H and O–H groups in total. The van der Waals surface area contributed by atoms with Crippen LogP contribution in [0.5, 0.6) is 0 Å². The van der Waals surface area contributed by atoms with E-state index in [-0.39, 0.29) is 0 Å². The van der Waals surface area contributed by atoms with Crippen LogP contribution in [-0.2, 0) is 5.88 Å². The van der Waals surface area contributed by atoms with Gasteiger partial charge in [0, 0.05) is 9.45 Å². The number of hydrogen-bond acceptors (Lipinski definition) is 0. The molecule has 0 spiro atoms.